The van der Waals surface area contributed by atoms with Crippen molar-refractivity contribution in [2.24, 2.45) is 5.92 Å². The van der Waals surface area contributed by atoms with Gasteiger partial charge in [0.2, 0.25) is 17.7 Å². The van der Waals surface area contributed by atoms with E-state index in [2.05, 4.69) is 5.32 Å². The number of nitrogens with zero attached hydrogens (tertiary/aromatic N) is 2. The summed E-state index contributed by atoms with van der Waals surface area (Å²) < 4.78 is 0. The SMILES string of the molecule is Cc1cc(C)c(NC(=O)CN(C)C(=O)[C@H]2CC(=O)N([C@@H](C)c3ccccc3)C2)c(C)c1. The van der Waals surface area contributed by atoms with Crippen molar-refractivity contribution in [2.45, 2.75) is 40.2 Å². The van der Waals surface area contributed by atoms with Gasteiger partial charge >= 0.3 is 0 Å². The number of hydrogen-bond acceptors (Lipinski definition) is 3. The summed E-state index contributed by atoms with van der Waals surface area (Å²) >= 11 is 0. The third-order valence-corrected chi connectivity index (χ3v) is 5.96. The lowest BCUT2D eigenvalue weighted by atomic mass is 10.0. The Kier molecular flexibility index (Phi) is 6.78. The molecule has 0 saturated carbocycles. The third-order valence-electron chi connectivity index (χ3n) is 5.96. The molecule has 1 aliphatic rings. The largest absolute Gasteiger partial charge is 0.336 e. The molecule has 1 heterocycles. The minimum atomic E-state index is -0.431. The number of anilines is 1. The molecule has 2 aromatic carbocycles. The standard InChI is InChI=1S/C25H31N3O3/c1-16-11-17(2)24(18(3)12-16)26-22(29)15-27(5)25(31)21-13-23(30)28(14-21)19(4)20-9-7-6-8-10-20/h6-12,19,21H,13-15H2,1-5H3,(H,26,29)/t19-,21-/m0/s1. The number of carbonyl (C=O) groups is 3. The minimum absolute atomic E-state index is 0.0292. The zero-order chi connectivity index (χ0) is 22.7. The molecule has 0 aliphatic carbocycles. The summed E-state index contributed by atoms with van der Waals surface area (Å²) in [6.45, 7) is 8.22. The van der Waals surface area contributed by atoms with Crippen LogP contribution in [0.1, 0.15) is 41.6 Å². The predicted molar refractivity (Wildman–Crippen MR) is 122 cm³/mol. The Morgan fingerprint density at radius 2 is 1.74 bits per heavy atom. The number of likely N-dealkylation sites (tertiary alicyclic amines) is 1. The smallest absolute Gasteiger partial charge is 0.243 e. The minimum Gasteiger partial charge on any atom is -0.336 e. The van der Waals surface area contributed by atoms with E-state index in [1.54, 1.807) is 11.9 Å². The van der Waals surface area contributed by atoms with E-state index >= 15 is 0 Å². The van der Waals surface area contributed by atoms with Gasteiger partial charge in [0, 0.05) is 25.7 Å². The molecule has 0 aromatic heterocycles. The highest BCUT2D eigenvalue weighted by molar-refractivity contribution is 5.97. The Labute approximate surface area is 184 Å². The average molecular weight is 422 g/mol. The number of amides is 3. The summed E-state index contributed by atoms with van der Waals surface area (Å²) in [5.74, 6) is -0.883. The van der Waals surface area contributed by atoms with Crippen molar-refractivity contribution in [2.75, 3.05) is 25.5 Å². The first kappa shape index (κ1) is 22.5. The molecular weight excluding hydrogens is 390 g/mol. The molecule has 3 rings (SSSR count). The fourth-order valence-electron chi connectivity index (χ4n) is 4.34. The van der Waals surface area contributed by atoms with Gasteiger partial charge in [0.05, 0.1) is 18.5 Å². The second kappa shape index (κ2) is 9.33. The van der Waals surface area contributed by atoms with E-state index in [1.807, 2.05) is 70.2 Å². The second-order valence-electron chi connectivity index (χ2n) is 8.55. The number of benzene rings is 2. The quantitative estimate of drug-likeness (QED) is 0.775. The van der Waals surface area contributed by atoms with Crippen LogP contribution in [-0.4, -0.2) is 47.7 Å². The summed E-state index contributed by atoms with van der Waals surface area (Å²) in [5.41, 5.74) is 4.95. The normalized spacial score (nSPS) is 16.9. The Bertz CT molecular complexity index is 964. The summed E-state index contributed by atoms with van der Waals surface area (Å²) in [6.07, 6.45) is 0.179. The Hall–Kier alpha value is -3.15. The summed E-state index contributed by atoms with van der Waals surface area (Å²) in [5, 5.41) is 2.93. The van der Waals surface area contributed by atoms with E-state index in [9.17, 15) is 14.4 Å². The highest BCUT2D eigenvalue weighted by Crippen LogP contribution is 2.29. The van der Waals surface area contributed by atoms with Crippen molar-refractivity contribution in [1.29, 1.82) is 0 Å². The van der Waals surface area contributed by atoms with Crippen LogP contribution < -0.4 is 5.32 Å². The zero-order valence-electron chi connectivity index (χ0n) is 18.9. The van der Waals surface area contributed by atoms with E-state index in [1.165, 1.54) is 4.90 Å². The molecular formula is C25H31N3O3. The number of hydrogen-bond donors (Lipinski definition) is 1. The van der Waals surface area contributed by atoms with Crippen LogP contribution in [0.15, 0.2) is 42.5 Å². The molecule has 1 aliphatic heterocycles. The van der Waals surface area contributed by atoms with Gasteiger partial charge in [-0.05, 0) is 44.4 Å². The molecule has 31 heavy (non-hydrogen) atoms. The van der Waals surface area contributed by atoms with E-state index in [4.69, 9.17) is 0 Å². The maximum atomic E-state index is 12.9. The molecule has 1 fully saturated rings. The van der Waals surface area contributed by atoms with Gasteiger partial charge in [-0.25, -0.2) is 0 Å². The van der Waals surface area contributed by atoms with Gasteiger partial charge in [-0.2, -0.15) is 0 Å². The van der Waals surface area contributed by atoms with E-state index in [0.29, 0.717) is 6.54 Å². The van der Waals surface area contributed by atoms with Gasteiger partial charge in [0.25, 0.3) is 0 Å². The van der Waals surface area contributed by atoms with Crippen molar-refractivity contribution >= 4 is 23.4 Å². The predicted octanol–water partition coefficient (Wildman–Crippen LogP) is 3.62. The van der Waals surface area contributed by atoms with Gasteiger partial charge in [0.15, 0.2) is 0 Å². The van der Waals surface area contributed by atoms with Crippen LogP contribution in [0.3, 0.4) is 0 Å². The Morgan fingerprint density at radius 1 is 1.13 bits per heavy atom. The van der Waals surface area contributed by atoms with Crippen molar-refractivity contribution < 1.29 is 14.4 Å². The van der Waals surface area contributed by atoms with Crippen LogP contribution in [-0.2, 0) is 14.4 Å². The molecule has 0 radical (unpaired) electrons. The number of nitrogens with one attached hydrogen (secondary N) is 1. The molecule has 1 saturated heterocycles. The lowest BCUT2D eigenvalue weighted by Gasteiger charge is -2.26. The van der Waals surface area contributed by atoms with E-state index in [0.717, 1.165) is 27.9 Å². The summed E-state index contributed by atoms with van der Waals surface area (Å²) in [6, 6.07) is 13.7. The van der Waals surface area contributed by atoms with Gasteiger partial charge in [-0.15, -0.1) is 0 Å². The maximum Gasteiger partial charge on any atom is 0.243 e. The fraction of sp³-hybridized carbons (Fsp3) is 0.400. The fourth-order valence-corrected chi connectivity index (χ4v) is 4.34. The van der Waals surface area contributed by atoms with Crippen LogP contribution in [0.5, 0.6) is 0 Å². The average Bonchev–Trinajstić information content (AvgIpc) is 3.11. The van der Waals surface area contributed by atoms with Gasteiger partial charge in [-0.1, -0.05) is 48.0 Å². The van der Waals surface area contributed by atoms with E-state index < -0.39 is 5.92 Å². The zero-order valence-corrected chi connectivity index (χ0v) is 18.9. The Morgan fingerprint density at radius 3 is 2.35 bits per heavy atom. The van der Waals surface area contributed by atoms with Crippen LogP contribution in [0, 0.1) is 26.7 Å². The topological polar surface area (TPSA) is 69.7 Å². The lowest BCUT2D eigenvalue weighted by molar-refractivity contribution is -0.137. The first-order valence-electron chi connectivity index (χ1n) is 10.6. The molecule has 164 valence electrons. The van der Waals surface area contributed by atoms with Crippen LogP contribution in [0.2, 0.25) is 0 Å². The highest BCUT2D eigenvalue weighted by Gasteiger charge is 2.38. The van der Waals surface area contributed by atoms with Gasteiger partial charge in [0.1, 0.15) is 0 Å². The van der Waals surface area contributed by atoms with Crippen LogP contribution in [0.4, 0.5) is 5.69 Å². The monoisotopic (exact) mass is 421 g/mol. The van der Waals surface area contributed by atoms with Crippen molar-refractivity contribution in [3.63, 3.8) is 0 Å². The lowest BCUT2D eigenvalue weighted by Crippen LogP contribution is -2.39. The number of carbonyl (C=O) groups excluding carboxylic acids is 3. The Balaban J connectivity index is 1.60. The maximum absolute atomic E-state index is 12.9. The molecule has 0 spiro atoms. The molecule has 6 heteroatoms. The number of likely N-dealkylation sites (N-methyl/N-ethyl adjacent to an activating group) is 1. The second-order valence-corrected chi connectivity index (χ2v) is 8.55. The molecule has 1 N–H and O–H groups in total. The first-order valence-corrected chi connectivity index (χ1v) is 10.6. The first-order chi connectivity index (χ1) is 14.7. The number of rotatable bonds is 6. The van der Waals surface area contributed by atoms with Crippen LogP contribution in [0.25, 0.3) is 0 Å². The number of aryl methyl sites for hydroxylation is 3. The van der Waals surface area contributed by atoms with Gasteiger partial charge in [-0.3, -0.25) is 14.4 Å². The molecule has 6 nitrogen and oxygen atoms in total. The van der Waals surface area contributed by atoms with Crippen molar-refractivity contribution in [1.82, 2.24) is 9.80 Å². The molecule has 2 atom stereocenters. The van der Waals surface area contributed by atoms with Gasteiger partial charge < -0.3 is 15.1 Å². The molecule has 0 bridgehead atoms. The third kappa shape index (κ3) is 5.13. The molecule has 2 aromatic rings. The van der Waals surface area contributed by atoms with Crippen molar-refractivity contribution in [3.05, 3.63) is 64.7 Å². The van der Waals surface area contributed by atoms with Crippen LogP contribution >= 0.6 is 0 Å². The molecule has 3 amide bonds. The summed E-state index contributed by atoms with van der Waals surface area (Å²) in [4.78, 5) is 41.2. The molecule has 0 unspecified atom stereocenters. The highest BCUT2D eigenvalue weighted by atomic mass is 16.2. The van der Waals surface area contributed by atoms with E-state index in [-0.39, 0.29) is 36.7 Å². The summed E-state index contributed by atoms with van der Waals surface area (Å²) in [7, 11) is 1.62. The van der Waals surface area contributed by atoms with Crippen molar-refractivity contribution in [3.8, 4) is 0 Å².